The van der Waals surface area contributed by atoms with E-state index >= 15 is 0 Å². The zero-order chi connectivity index (χ0) is 20.2. The number of ether oxygens (including phenoxy) is 2. The minimum absolute atomic E-state index is 0.148. The fourth-order valence-corrected chi connectivity index (χ4v) is 3.84. The van der Waals surface area contributed by atoms with Crippen molar-refractivity contribution in [3.05, 3.63) is 54.7 Å². The van der Waals surface area contributed by atoms with Crippen LogP contribution in [0.2, 0.25) is 0 Å². The molecule has 0 amide bonds. The second-order valence-electron chi connectivity index (χ2n) is 6.09. The normalized spacial score (nSPS) is 10.8. The molecule has 0 saturated heterocycles. The molecule has 0 aliphatic carbocycles. The third-order valence-electron chi connectivity index (χ3n) is 4.24. The van der Waals surface area contributed by atoms with Crippen molar-refractivity contribution in [2.45, 2.75) is 6.54 Å². The molecule has 3 heterocycles. The van der Waals surface area contributed by atoms with Gasteiger partial charge in [0, 0.05) is 47.7 Å². The summed E-state index contributed by atoms with van der Waals surface area (Å²) >= 11 is 1.49. The van der Waals surface area contributed by atoms with Gasteiger partial charge in [0.25, 0.3) is 6.47 Å². The van der Waals surface area contributed by atoms with Crippen molar-refractivity contribution in [2.24, 2.45) is 0 Å². The van der Waals surface area contributed by atoms with Crippen molar-refractivity contribution in [3.8, 4) is 21.9 Å². The maximum absolute atomic E-state index is 14.3. The first-order valence-corrected chi connectivity index (χ1v) is 9.61. The SMILES string of the molecule is CNc1ccc(Oc2ccnc3cc(-c4cnn(CCOC=O)c4)sc23)c(F)c1. The number of anilines is 1. The van der Waals surface area contributed by atoms with E-state index < -0.39 is 5.82 Å². The number of hydrogen-bond donors (Lipinski definition) is 1. The zero-order valence-corrected chi connectivity index (χ0v) is 16.3. The van der Waals surface area contributed by atoms with E-state index in [4.69, 9.17) is 9.47 Å². The predicted molar refractivity (Wildman–Crippen MR) is 109 cm³/mol. The van der Waals surface area contributed by atoms with Crippen molar-refractivity contribution < 1.29 is 18.7 Å². The van der Waals surface area contributed by atoms with Crippen LogP contribution < -0.4 is 10.1 Å². The Morgan fingerprint density at radius 1 is 1.28 bits per heavy atom. The summed E-state index contributed by atoms with van der Waals surface area (Å²) in [6.07, 6.45) is 5.24. The van der Waals surface area contributed by atoms with E-state index in [2.05, 4.69) is 15.4 Å². The molecule has 1 N–H and O–H groups in total. The Hall–Kier alpha value is -3.46. The summed E-state index contributed by atoms with van der Waals surface area (Å²) in [5.41, 5.74) is 2.34. The molecule has 7 nitrogen and oxygen atoms in total. The van der Waals surface area contributed by atoms with Crippen LogP contribution in [0.1, 0.15) is 0 Å². The van der Waals surface area contributed by atoms with Crippen LogP contribution >= 0.6 is 11.3 Å². The van der Waals surface area contributed by atoms with Crippen LogP contribution in [-0.4, -0.2) is 34.9 Å². The molecule has 0 aliphatic heterocycles. The number of carbonyl (C=O) groups excluding carboxylic acids is 1. The molecule has 9 heteroatoms. The van der Waals surface area contributed by atoms with Gasteiger partial charge in [0.2, 0.25) is 0 Å². The van der Waals surface area contributed by atoms with Gasteiger partial charge in [-0.3, -0.25) is 14.5 Å². The number of nitrogens with zero attached hydrogens (tertiary/aromatic N) is 3. The first-order valence-electron chi connectivity index (χ1n) is 8.79. The largest absolute Gasteiger partial charge is 0.466 e. The summed E-state index contributed by atoms with van der Waals surface area (Å²) in [6, 6.07) is 8.38. The minimum Gasteiger partial charge on any atom is -0.466 e. The molecule has 1 aromatic carbocycles. The second kappa shape index (κ2) is 8.27. The van der Waals surface area contributed by atoms with Crippen LogP contribution in [-0.2, 0) is 16.1 Å². The third-order valence-corrected chi connectivity index (χ3v) is 5.43. The number of nitrogens with one attached hydrogen (secondary N) is 1. The highest BCUT2D eigenvalue weighted by Gasteiger charge is 2.14. The number of benzene rings is 1. The quantitative estimate of drug-likeness (QED) is 0.343. The molecule has 3 aromatic heterocycles. The molecule has 0 spiro atoms. The van der Waals surface area contributed by atoms with Gasteiger partial charge in [0.05, 0.1) is 23.0 Å². The number of halogens is 1. The Bertz CT molecular complexity index is 1160. The summed E-state index contributed by atoms with van der Waals surface area (Å²) in [6.45, 7) is 1.14. The number of pyridine rings is 1. The van der Waals surface area contributed by atoms with Crippen LogP contribution in [0.15, 0.2) is 48.9 Å². The maximum Gasteiger partial charge on any atom is 0.293 e. The topological polar surface area (TPSA) is 78.3 Å². The average Bonchev–Trinajstić information content (AvgIpc) is 3.37. The molecule has 0 atom stereocenters. The molecule has 4 rings (SSSR count). The predicted octanol–water partition coefficient (Wildman–Crippen LogP) is 4.31. The van der Waals surface area contributed by atoms with Crippen LogP contribution in [0.3, 0.4) is 0 Å². The van der Waals surface area contributed by atoms with Gasteiger partial charge in [-0.2, -0.15) is 5.10 Å². The Balaban J connectivity index is 1.61. The Kier molecular flexibility index (Phi) is 5.39. The van der Waals surface area contributed by atoms with Gasteiger partial charge < -0.3 is 14.8 Å². The molecule has 4 aromatic rings. The zero-order valence-electron chi connectivity index (χ0n) is 15.5. The van der Waals surface area contributed by atoms with Crippen molar-refractivity contribution in [3.63, 3.8) is 0 Å². The Morgan fingerprint density at radius 2 is 2.17 bits per heavy atom. The van der Waals surface area contributed by atoms with E-state index in [-0.39, 0.29) is 12.4 Å². The summed E-state index contributed by atoms with van der Waals surface area (Å²) in [5, 5.41) is 7.16. The number of hydrogen-bond acceptors (Lipinski definition) is 7. The number of carbonyl (C=O) groups is 1. The molecular formula is C20H17FN4O3S. The van der Waals surface area contributed by atoms with Crippen LogP contribution in [0.25, 0.3) is 20.7 Å². The molecule has 0 radical (unpaired) electrons. The highest BCUT2D eigenvalue weighted by molar-refractivity contribution is 7.22. The molecular weight excluding hydrogens is 395 g/mol. The fourth-order valence-electron chi connectivity index (χ4n) is 2.80. The lowest BCUT2D eigenvalue weighted by Gasteiger charge is -2.08. The summed E-state index contributed by atoms with van der Waals surface area (Å²) in [4.78, 5) is 15.6. The van der Waals surface area contributed by atoms with Crippen molar-refractivity contribution in [1.82, 2.24) is 14.8 Å². The second-order valence-corrected chi connectivity index (χ2v) is 7.14. The highest BCUT2D eigenvalue weighted by Crippen LogP contribution is 2.39. The van der Waals surface area contributed by atoms with Gasteiger partial charge in [-0.15, -0.1) is 11.3 Å². The number of fused-ring (bicyclic) bond motifs is 1. The molecule has 0 aliphatic rings. The first-order chi connectivity index (χ1) is 14.2. The van der Waals surface area contributed by atoms with Gasteiger partial charge in [-0.05, 0) is 18.2 Å². The fraction of sp³-hybridized carbons (Fsp3) is 0.150. The van der Waals surface area contributed by atoms with Crippen LogP contribution in [0, 0.1) is 5.82 Å². The number of aromatic nitrogens is 3. The first kappa shape index (κ1) is 18.9. The molecule has 148 valence electrons. The van der Waals surface area contributed by atoms with E-state index in [0.717, 1.165) is 20.7 Å². The lowest BCUT2D eigenvalue weighted by atomic mass is 10.2. The molecule has 29 heavy (non-hydrogen) atoms. The summed E-state index contributed by atoms with van der Waals surface area (Å²) in [7, 11) is 1.73. The minimum atomic E-state index is -0.447. The highest BCUT2D eigenvalue weighted by atomic mass is 32.1. The van der Waals surface area contributed by atoms with Crippen LogP contribution in [0.4, 0.5) is 10.1 Å². The average molecular weight is 412 g/mol. The van der Waals surface area contributed by atoms with E-state index in [1.807, 2.05) is 12.3 Å². The number of thiophene rings is 1. The summed E-state index contributed by atoms with van der Waals surface area (Å²) < 4.78 is 27.4. The monoisotopic (exact) mass is 412 g/mol. The van der Waals surface area contributed by atoms with Crippen molar-refractivity contribution in [1.29, 1.82) is 0 Å². The lowest BCUT2D eigenvalue weighted by molar-refractivity contribution is -0.128. The number of rotatable bonds is 8. The van der Waals surface area contributed by atoms with Gasteiger partial charge in [-0.1, -0.05) is 0 Å². The van der Waals surface area contributed by atoms with Gasteiger partial charge in [0.15, 0.2) is 11.6 Å². The smallest absolute Gasteiger partial charge is 0.293 e. The molecule has 0 fully saturated rings. The molecule has 0 saturated carbocycles. The summed E-state index contributed by atoms with van der Waals surface area (Å²) in [5.74, 6) is 0.237. The van der Waals surface area contributed by atoms with Crippen molar-refractivity contribution in [2.75, 3.05) is 19.0 Å². The lowest BCUT2D eigenvalue weighted by Crippen LogP contribution is -2.05. The Labute approximate surface area is 169 Å². The van der Waals surface area contributed by atoms with Crippen LogP contribution in [0.5, 0.6) is 11.5 Å². The standard InChI is InChI=1S/C20H17FN4O3S/c1-22-14-2-3-17(15(21)8-14)28-18-4-5-23-16-9-19(29-20(16)18)13-10-24-25(11-13)6-7-27-12-26/h2-5,8-12,22H,6-7H2,1H3. The van der Waals surface area contributed by atoms with E-state index in [9.17, 15) is 9.18 Å². The Morgan fingerprint density at radius 3 is 2.97 bits per heavy atom. The third kappa shape index (κ3) is 4.04. The van der Waals surface area contributed by atoms with Gasteiger partial charge >= 0.3 is 0 Å². The van der Waals surface area contributed by atoms with E-state index in [1.165, 1.54) is 17.4 Å². The van der Waals surface area contributed by atoms with Gasteiger partial charge in [-0.25, -0.2) is 4.39 Å². The van der Waals surface area contributed by atoms with E-state index in [0.29, 0.717) is 24.5 Å². The van der Waals surface area contributed by atoms with Crippen molar-refractivity contribution >= 4 is 33.7 Å². The molecule has 0 bridgehead atoms. The maximum atomic E-state index is 14.3. The van der Waals surface area contributed by atoms with E-state index in [1.54, 1.807) is 42.3 Å². The molecule has 0 unspecified atom stereocenters. The van der Waals surface area contributed by atoms with Gasteiger partial charge in [0.1, 0.15) is 12.4 Å².